The maximum absolute atomic E-state index is 14.5. The molecule has 1 aromatic rings. The molecule has 10 heteroatoms. The van der Waals surface area contributed by atoms with Crippen LogP contribution in [0.2, 0.25) is 0 Å². The van der Waals surface area contributed by atoms with Gasteiger partial charge in [0.05, 0.1) is 11.9 Å². The zero-order valence-electron chi connectivity index (χ0n) is 15.6. The Hall–Kier alpha value is -2.33. The third-order valence-electron chi connectivity index (χ3n) is 5.59. The summed E-state index contributed by atoms with van der Waals surface area (Å²) in [5.74, 6) is -4.04. The third kappa shape index (κ3) is 4.18. The van der Waals surface area contributed by atoms with Crippen molar-refractivity contribution in [2.45, 2.75) is 44.7 Å². The van der Waals surface area contributed by atoms with Gasteiger partial charge >= 0.3 is 6.18 Å². The summed E-state index contributed by atoms with van der Waals surface area (Å²) in [4.78, 5) is 13.1. The summed E-state index contributed by atoms with van der Waals surface area (Å²) in [7, 11) is 0. The van der Waals surface area contributed by atoms with E-state index in [0.717, 1.165) is 37.7 Å². The van der Waals surface area contributed by atoms with Crippen LogP contribution in [-0.4, -0.2) is 36.1 Å². The number of carbonyl (C=O) groups excluding carboxylic acids is 1. The van der Waals surface area contributed by atoms with E-state index in [0.29, 0.717) is 23.7 Å². The molecule has 6 nitrogen and oxygen atoms in total. The van der Waals surface area contributed by atoms with E-state index in [2.05, 4.69) is 20.9 Å². The lowest BCUT2D eigenvalue weighted by Crippen LogP contribution is -2.39. The Morgan fingerprint density at radius 2 is 1.86 bits per heavy atom. The average molecular weight is 411 g/mol. The number of hydrogen-bond acceptors (Lipinski definition) is 5. The highest BCUT2D eigenvalue weighted by Crippen LogP contribution is 2.40. The summed E-state index contributed by atoms with van der Waals surface area (Å²) in [6.45, 7) is 2.46. The van der Waals surface area contributed by atoms with Crippen molar-refractivity contribution in [1.29, 1.82) is 0 Å². The first-order chi connectivity index (χ1) is 13.8. The van der Waals surface area contributed by atoms with E-state index in [9.17, 15) is 22.4 Å². The number of nitrogens with zero attached hydrogens (tertiary/aromatic N) is 3. The van der Waals surface area contributed by atoms with Crippen LogP contribution in [-0.2, 0) is 24.4 Å². The second-order valence-corrected chi connectivity index (χ2v) is 7.56. The number of alkyl halides is 3. The summed E-state index contributed by atoms with van der Waals surface area (Å²) >= 11 is 0. The van der Waals surface area contributed by atoms with Crippen LogP contribution in [0.4, 0.5) is 17.6 Å². The van der Waals surface area contributed by atoms with Gasteiger partial charge < -0.3 is 15.5 Å². The van der Waals surface area contributed by atoms with Crippen LogP contribution in [0.1, 0.15) is 29.5 Å². The van der Waals surface area contributed by atoms with Gasteiger partial charge in [-0.1, -0.05) is 0 Å². The molecule has 4 rings (SSSR count). The molecular formula is C19H21F4N5O. The number of hydrogen-bond donors (Lipinski definition) is 2. The van der Waals surface area contributed by atoms with Crippen molar-refractivity contribution in [1.82, 2.24) is 15.5 Å². The highest BCUT2D eigenvalue weighted by Gasteiger charge is 2.50. The zero-order chi connectivity index (χ0) is 20.6. The summed E-state index contributed by atoms with van der Waals surface area (Å²) in [5, 5.41) is 13.1. The molecule has 0 bridgehead atoms. The minimum Gasteiger partial charge on any atom is -0.364 e. The highest BCUT2D eigenvalue weighted by atomic mass is 19.4. The van der Waals surface area contributed by atoms with Crippen molar-refractivity contribution in [2.24, 2.45) is 16.1 Å². The lowest BCUT2D eigenvalue weighted by atomic mass is 10.0. The average Bonchev–Trinajstić information content (AvgIpc) is 3.08. The van der Waals surface area contributed by atoms with Crippen LogP contribution in [0.5, 0.6) is 0 Å². The summed E-state index contributed by atoms with van der Waals surface area (Å²) in [6, 6.07) is 3.40. The van der Waals surface area contributed by atoms with Crippen molar-refractivity contribution < 1.29 is 22.4 Å². The van der Waals surface area contributed by atoms with Crippen molar-refractivity contribution in [3.63, 3.8) is 0 Å². The van der Waals surface area contributed by atoms with E-state index >= 15 is 0 Å². The van der Waals surface area contributed by atoms with Crippen LogP contribution in [0.15, 0.2) is 34.3 Å². The van der Waals surface area contributed by atoms with Crippen LogP contribution < -0.4 is 10.6 Å². The van der Waals surface area contributed by atoms with Crippen LogP contribution in [0.25, 0.3) is 0 Å². The second kappa shape index (κ2) is 7.83. The Kier molecular flexibility index (Phi) is 5.39. The molecule has 0 aliphatic carbocycles. The van der Waals surface area contributed by atoms with Gasteiger partial charge in [-0.15, -0.1) is 5.11 Å². The lowest BCUT2D eigenvalue weighted by Gasteiger charge is -2.28. The van der Waals surface area contributed by atoms with Crippen LogP contribution >= 0.6 is 0 Å². The van der Waals surface area contributed by atoms with Gasteiger partial charge in [0.25, 0.3) is 5.91 Å². The summed E-state index contributed by atoms with van der Waals surface area (Å²) < 4.78 is 54.6. The molecule has 0 spiro atoms. The van der Waals surface area contributed by atoms with E-state index in [-0.39, 0.29) is 24.6 Å². The van der Waals surface area contributed by atoms with Gasteiger partial charge in [-0.05, 0) is 49.2 Å². The molecule has 0 aromatic heterocycles. The van der Waals surface area contributed by atoms with E-state index in [1.54, 1.807) is 6.07 Å². The Bertz CT molecular complexity index is 861. The molecule has 1 unspecified atom stereocenters. The fourth-order valence-electron chi connectivity index (χ4n) is 4.05. The van der Waals surface area contributed by atoms with E-state index in [1.807, 2.05) is 0 Å². The van der Waals surface area contributed by atoms with E-state index in [1.165, 1.54) is 11.0 Å². The molecular weight excluding hydrogens is 390 g/mol. The number of carbonyl (C=O) groups is 1. The van der Waals surface area contributed by atoms with Gasteiger partial charge in [0.1, 0.15) is 5.82 Å². The fraction of sp³-hybridized carbons (Fsp3) is 0.526. The van der Waals surface area contributed by atoms with Gasteiger partial charge in [-0.2, -0.15) is 18.3 Å². The second-order valence-electron chi connectivity index (χ2n) is 7.56. The predicted molar refractivity (Wildman–Crippen MR) is 95.9 cm³/mol. The smallest absolute Gasteiger partial charge is 0.364 e. The number of azo groups is 1. The quantitative estimate of drug-likeness (QED) is 0.748. The number of benzene rings is 1. The summed E-state index contributed by atoms with van der Waals surface area (Å²) in [5.41, 5.74) is 1.61. The Labute approximate surface area is 165 Å². The Morgan fingerprint density at radius 3 is 2.55 bits per heavy atom. The van der Waals surface area contributed by atoms with Gasteiger partial charge in [0.2, 0.25) is 0 Å². The van der Waals surface area contributed by atoms with Gasteiger partial charge in [0.15, 0.2) is 5.92 Å². The minimum atomic E-state index is -4.76. The monoisotopic (exact) mass is 411 g/mol. The number of amides is 1. The molecule has 1 fully saturated rings. The fourth-order valence-corrected chi connectivity index (χ4v) is 4.05. The molecule has 3 aliphatic rings. The highest BCUT2D eigenvalue weighted by molar-refractivity contribution is 5.83. The van der Waals surface area contributed by atoms with Gasteiger partial charge in [0, 0.05) is 31.2 Å². The van der Waals surface area contributed by atoms with E-state index < -0.39 is 18.0 Å². The molecule has 156 valence electrons. The first-order valence-corrected chi connectivity index (χ1v) is 9.53. The van der Waals surface area contributed by atoms with Crippen molar-refractivity contribution in [3.05, 3.63) is 46.5 Å². The molecule has 29 heavy (non-hydrogen) atoms. The minimum absolute atomic E-state index is 0.0927. The SMILES string of the molecule is O=C1N=NC=C(N2Cc3cc(F)c(CNC4CCNCC4)cc3C2)C1C(F)(F)F. The van der Waals surface area contributed by atoms with Crippen molar-refractivity contribution in [2.75, 3.05) is 13.1 Å². The number of halogens is 4. The Morgan fingerprint density at radius 1 is 1.17 bits per heavy atom. The summed E-state index contributed by atoms with van der Waals surface area (Å²) in [6.07, 6.45) is -1.85. The largest absolute Gasteiger partial charge is 0.406 e. The van der Waals surface area contributed by atoms with Crippen LogP contribution in [0.3, 0.4) is 0 Å². The van der Waals surface area contributed by atoms with Crippen LogP contribution in [0, 0.1) is 11.7 Å². The van der Waals surface area contributed by atoms with Gasteiger partial charge in [-0.3, -0.25) is 4.79 Å². The molecule has 3 heterocycles. The number of piperidine rings is 1. The first-order valence-electron chi connectivity index (χ1n) is 9.53. The maximum Gasteiger partial charge on any atom is 0.406 e. The van der Waals surface area contributed by atoms with Crippen molar-refractivity contribution in [3.8, 4) is 0 Å². The molecule has 3 aliphatic heterocycles. The molecule has 0 radical (unpaired) electrons. The molecule has 1 saturated heterocycles. The third-order valence-corrected chi connectivity index (χ3v) is 5.59. The topological polar surface area (TPSA) is 69.1 Å². The predicted octanol–water partition coefficient (Wildman–Crippen LogP) is 3.00. The van der Waals surface area contributed by atoms with Gasteiger partial charge in [-0.25, -0.2) is 4.39 Å². The zero-order valence-corrected chi connectivity index (χ0v) is 15.6. The standard InChI is InChI=1S/C19H21F4N5O/c20-15-6-13-10-28(16-8-26-27-18(29)17(16)19(21,22)23)9-12(13)5-11(15)7-25-14-1-3-24-4-2-14/h5-6,8,14,17,24-25H,1-4,7,9-10H2. The molecule has 1 aromatic carbocycles. The number of rotatable bonds is 4. The lowest BCUT2D eigenvalue weighted by molar-refractivity contribution is -0.177. The first kappa shape index (κ1) is 20.0. The molecule has 0 saturated carbocycles. The molecule has 1 atom stereocenters. The van der Waals surface area contributed by atoms with Crippen molar-refractivity contribution >= 4 is 5.91 Å². The Balaban J connectivity index is 1.50. The molecule has 1 amide bonds. The number of nitrogens with one attached hydrogen (secondary N) is 2. The number of fused-ring (bicyclic) bond motifs is 1. The maximum atomic E-state index is 14.5. The van der Waals surface area contributed by atoms with E-state index in [4.69, 9.17) is 0 Å². The molecule has 2 N–H and O–H groups in total. The normalized spacial score (nSPS) is 22.8.